The largest absolute Gasteiger partial charge is 0.493 e. The molecule has 1 aliphatic rings. The molecule has 0 bridgehead atoms. The van der Waals surface area contributed by atoms with Crippen LogP contribution in [0.5, 0.6) is 5.75 Å². The summed E-state index contributed by atoms with van der Waals surface area (Å²) in [6.07, 6.45) is 7.00. The normalized spacial score (nSPS) is 12.8. The Hall–Kier alpha value is -3.99. The summed E-state index contributed by atoms with van der Waals surface area (Å²) in [6, 6.07) is 21.6. The Balaban J connectivity index is 1.49. The lowest BCUT2D eigenvalue weighted by atomic mass is 9.98. The molecule has 152 valence electrons. The molecule has 0 fully saturated rings. The zero-order valence-corrected chi connectivity index (χ0v) is 16.9. The second kappa shape index (κ2) is 8.40. The predicted octanol–water partition coefficient (Wildman–Crippen LogP) is 4.97. The SMILES string of the molecule is O=C1C(c2cccnc2)=C(c2cc[nH]n2)c2c(OCCCc3ccccc3)cccc21. The van der Waals surface area contributed by atoms with Crippen molar-refractivity contribution in [1.29, 1.82) is 0 Å². The number of nitrogens with zero attached hydrogens (tertiary/aromatic N) is 2. The van der Waals surface area contributed by atoms with Crippen molar-refractivity contribution < 1.29 is 9.53 Å². The monoisotopic (exact) mass is 407 g/mol. The maximum Gasteiger partial charge on any atom is 0.195 e. The molecule has 2 aromatic heterocycles. The second-order valence-electron chi connectivity index (χ2n) is 7.40. The third-order valence-corrected chi connectivity index (χ3v) is 5.42. The van der Waals surface area contributed by atoms with E-state index in [1.165, 1.54) is 5.56 Å². The van der Waals surface area contributed by atoms with Crippen LogP contribution in [0.15, 0.2) is 85.3 Å². The molecule has 2 heterocycles. The molecule has 0 radical (unpaired) electrons. The van der Waals surface area contributed by atoms with E-state index in [0.29, 0.717) is 29.2 Å². The van der Waals surface area contributed by atoms with Crippen LogP contribution < -0.4 is 4.74 Å². The summed E-state index contributed by atoms with van der Waals surface area (Å²) in [5.41, 5.74) is 5.61. The minimum absolute atomic E-state index is 0.0317. The lowest BCUT2D eigenvalue weighted by Gasteiger charge is -2.12. The van der Waals surface area contributed by atoms with Gasteiger partial charge >= 0.3 is 0 Å². The minimum Gasteiger partial charge on any atom is -0.493 e. The van der Waals surface area contributed by atoms with Crippen molar-refractivity contribution in [1.82, 2.24) is 15.2 Å². The number of nitrogens with one attached hydrogen (secondary N) is 1. The first-order valence-electron chi connectivity index (χ1n) is 10.3. The summed E-state index contributed by atoms with van der Waals surface area (Å²) in [5.74, 6) is 0.673. The fourth-order valence-electron chi connectivity index (χ4n) is 4.02. The number of allylic oxidation sites excluding steroid dienone is 1. The van der Waals surface area contributed by atoms with E-state index in [4.69, 9.17) is 4.74 Å². The van der Waals surface area contributed by atoms with Gasteiger partial charge in [-0.2, -0.15) is 5.10 Å². The van der Waals surface area contributed by atoms with Gasteiger partial charge < -0.3 is 4.74 Å². The van der Waals surface area contributed by atoms with Gasteiger partial charge in [0.25, 0.3) is 0 Å². The van der Waals surface area contributed by atoms with E-state index in [0.717, 1.165) is 29.5 Å². The topological polar surface area (TPSA) is 67.9 Å². The smallest absolute Gasteiger partial charge is 0.195 e. The molecule has 0 aliphatic heterocycles. The lowest BCUT2D eigenvalue weighted by molar-refractivity contribution is 0.105. The highest BCUT2D eigenvalue weighted by Crippen LogP contribution is 2.45. The molecule has 0 saturated heterocycles. The van der Waals surface area contributed by atoms with Crippen molar-refractivity contribution in [3.05, 3.63) is 113 Å². The van der Waals surface area contributed by atoms with Gasteiger partial charge in [0.1, 0.15) is 5.75 Å². The highest BCUT2D eigenvalue weighted by molar-refractivity contribution is 6.41. The zero-order valence-electron chi connectivity index (χ0n) is 16.9. The van der Waals surface area contributed by atoms with E-state index in [2.05, 4.69) is 27.3 Å². The highest BCUT2D eigenvalue weighted by atomic mass is 16.5. The van der Waals surface area contributed by atoms with Gasteiger partial charge in [0, 0.05) is 46.4 Å². The quantitative estimate of drug-likeness (QED) is 0.439. The van der Waals surface area contributed by atoms with Crippen LogP contribution in [0.1, 0.15) is 39.2 Å². The van der Waals surface area contributed by atoms with Crippen molar-refractivity contribution >= 4 is 16.9 Å². The van der Waals surface area contributed by atoms with Crippen LogP contribution in [-0.2, 0) is 6.42 Å². The number of carbonyl (C=O) groups excluding carboxylic acids is 1. The number of carbonyl (C=O) groups is 1. The average Bonchev–Trinajstić information content (AvgIpc) is 3.45. The van der Waals surface area contributed by atoms with Crippen molar-refractivity contribution in [2.24, 2.45) is 0 Å². The number of aromatic nitrogens is 3. The average molecular weight is 407 g/mol. The van der Waals surface area contributed by atoms with E-state index in [1.54, 1.807) is 18.6 Å². The minimum atomic E-state index is -0.0317. The molecule has 4 aromatic rings. The first-order valence-corrected chi connectivity index (χ1v) is 10.3. The van der Waals surface area contributed by atoms with Gasteiger partial charge in [0.05, 0.1) is 12.3 Å². The predicted molar refractivity (Wildman–Crippen MR) is 120 cm³/mol. The molecule has 1 aliphatic carbocycles. The number of Topliss-reactive ketones (excluding diaryl/α,β-unsaturated/α-hetero) is 1. The molecule has 5 nitrogen and oxygen atoms in total. The number of pyridine rings is 1. The Morgan fingerprint density at radius 2 is 1.81 bits per heavy atom. The molecule has 0 atom stereocenters. The van der Waals surface area contributed by atoms with Crippen LogP contribution in [0.25, 0.3) is 11.1 Å². The van der Waals surface area contributed by atoms with Crippen LogP contribution in [0, 0.1) is 0 Å². The molecule has 1 N–H and O–H groups in total. The van der Waals surface area contributed by atoms with Crippen LogP contribution in [-0.4, -0.2) is 27.6 Å². The molecule has 5 rings (SSSR count). The molecular weight excluding hydrogens is 386 g/mol. The number of aryl methyl sites for hydroxylation is 1. The number of rotatable bonds is 7. The van der Waals surface area contributed by atoms with E-state index in [-0.39, 0.29) is 5.78 Å². The van der Waals surface area contributed by atoms with E-state index in [9.17, 15) is 4.79 Å². The van der Waals surface area contributed by atoms with E-state index >= 15 is 0 Å². The molecule has 5 heteroatoms. The Kier molecular flexibility index (Phi) is 5.15. The lowest BCUT2D eigenvalue weighted by Crippen LogP contribution is -2.03. The zero-order chi connectivity index (χ0) is 21.0. The van der Waals surface area contributed by atoms with Gasteiger partial charge in [-0.15, -0.1) is 0 Å². The van der Waals surface area contributed by atoms with Crippen molar-refractivity contribution in [2.45, 2.75) is 12.8 Å². The molecule has 0 saturated carbocycles. The fraction of sp³-hybridized carbons (Fsp3) is 0.115. The Morgan fingerprint density at radius 3 is 2.58 bits per heavy atom. The molecule has 2 aromatic carbocycles. The standard InChI is InChI=1S/C26H21N3O2/c30-26-20-11-4-12-22(31-16-6-9-18-7-2-1-3-8-18)24(20)25(21-13-15-28-29-21)23(26)19-10-5-14-27-17-19/h1-5,7-8,10-15,17H,6,9,16H2,(H,28,29). The first-order chi connectivity index (χ1) is 15.3. The summed E-state index contributed by atoms with van der Waals surface area (Å²) in [6.45, 7) is 0.565. The number of benzene rings is 2. The summed E-state index contributed by atoms with van der Waals surface area (Å²) < 4.78 is 6.19. The fourth-order valence-corrected chi connectivity index (χ4v) is 4.02. The van der Waals surface area contributed by atoms with Crippen LogP contribution >= 0.6 is 0 Å². The Bertz CT molecular complexity index is 1230. The number of fused-ring (bicyclic) bond motifs is 1. The third-order valence-electron chi connectivity index (χ3n) is 5.42. The summed E-state index contributed by atoms with van der Waals surface area (Å²) in [4.78, 5) is 17.6. The first kappa shape index (κ1) is 19.0. The van der Waals surface area contributed by atoms with Gasteiger partial charge in [-0.05, 0) is 36.6 Å². The Morgan fingerprint density at radius 1 is 0.903 bits per heavy atom. The van der Waals surface area contributed by atoms with Crippen LogP contribution in [0.2, 0.25) is 0 Å². The van der Waals surface area contributed by atoms with Crippen LogP contribution in [0.4, 0.5) is 0 Å². The van der Waals surface area contributed by atoms with Gasteiger partial charge in [-0.3, -0.25) is 14.9 Å². The second-order valence-corrected chi connectivity index (χ2v) is 7.40. The van der Waals surface area contributed by atoms with Gasteiger partial charge in [0.15, 0.2) is 5.78 Å². The molecular formula is C26H21N3O2. The van der Waals surface area contributed by atoms with Crippen LogP contribution in [0.3, 0.4) is 0 Å². The molecule has 0 amide bonds. The van der Waals surface area contributed by atoms with Crippen molar-refractivity contribution in [2.75, 3.05) is 6.61 Å². The third kappa shape index (κ3) is 3.66. The van der Waals surface area contributed by atoms with E-state index in [1.807, 2.05) is 54.6 Å². The number of ether oxygens (including phenoxy) is 1. The van der Waals surface area contributed by atoms with Gasteiger partial charge in [0.2, 0.25) is 0 Å². The number of aromatic amines is 1. The van der Waals surface area contributed by atoms with Gasteiger partial charge in [-0.25, -0.2) is 0 Å². The molecule has 0 spiro atoms. The number of ketones is 1. The van der Waals surface area contributed by atoms with Gasteiger partial charge in [-0.1, -0.05) is 48.5 Å². The maximum atomic E-state index is 13.4. The number of H-pyrrole nitrogens is 1. The summed E-state index contributed by atoms with van der Waals surface area (Å²) in [5, 5.41) is 7.24. The summed E-state index contributed by atoms with van der Waals surface area (Å²) in [7, 11) is 0. The van der Waals surface area contributed by atoms with Crippen molar-refractivity contribution in [3.8, 4) is 5.75 Å². The molecule has 0 unspecified atom stereocenters. The molecule has 31 heavy (non-hydrogen) atoms. The highest BCUT2D eigenvalue weighted by Gasteiger charge is 2.34. The maximum absolute atomic E-state index is 13.4. The van der Waals surface area contributed by atoms with Crippen molar-refractivity contribution in [3.63, 3.8) is 0 Å². The number of hydrogen-bond donors (Lipinski definition) is 1. The summed E-state index contributed by atoms with van der Waals surface area (Å²) >= 11 is 0. The number of hydrogen-bond acceptors (Lipinski definition) is 4. The Labute approximate surface area is 180 Å². The van der Waals surface area contributed by atoms with E-state index < -0.39 is 0 Å².